The van der Waals surface area contributed by atoms with Crippen LogP contribution in [0.3, 0.4) is 0 Å². The lowest BCUT2D eigenvalue weighted by Gasteiger charge is -2.05. The van der Waals surface area contributed by atoms with Crippen LogP contribution in [0.2, 0.25) is 0 Å². The van der Waals surface area contributed by atoms with Gasteiger partial charge in [-0.2, -0.15) is 9.49 Å². The fourth-order valence-electron chi connectivity index (χ4n) is 1.57. The normalized spacial score (nSPS) is 10.6. The van der Waals surface area contributed by atoms with Crippen LogP contribution in [0.15, 0.2) is 24.5 Å². The topological polar surface area (TPSA) is 99.9 Å². The molecule has 1 aromatic carbocycles. The summed E-state index contributed by atoms with van der Waals surface area (Å²) in [4.78, 5) is 13.7. The van der Waals surface area contributed by atoms with Crippen molar-refractivity contribution in [3.8, 4) is 0 Å². The molecule has 0 aliphatic heterocycles. The zero-order valence-corrected chi connectivity index (χ0v) is 9.28. The Morgan fingerprint density at radius 2 is 2.28 bits per heavy atom. The lowest BCUT2D eigenvalue weighted by molar-refractivity contribution is -0.387. The molecular formula is C10H10FN5O2. The van der Waals surface area contributed by atoms with Gasteiger partial charge in [-0.3, -0.25) is 10.1 Å². The Labute approximate surface area is 101 Å². The summed E-state index contributed by atoms with van der Waals surface area (Å²) in [5.74, 6) is -0.373. The van der Waals surface area contributed by atoms with Gasteiger partial charge >= 0.3 is 5.69 Å². The van der Waals surface area contributed by atoms with E-state index in [0.29, 0.717) is 5.82 Å². The van der Waals surface area contributed by atoms with Crippen molar-refractivity contribution in [1.29, 1.82) is 0 Å². The first-order valence-corrected chi connectivity index (χ1v) is 5.12. The van der Waals surface area contributed by atoms with Gasteiger partial charge < -0.3 is 5.73 Å². The van der Waals surface area contributed by atoms with Gasteiger partial charge in [-0.25, -0.2) is 9.67 Å². The number of hydrogen-bond acceptors (Lipinski definition) is 5. The Hall–Kier alpha value is -2.35. The van der Waals surface area contributed by atoms with Crippen molar-refractivity contribution in [3.63, 3.8) is 0 Å². The molecule has 0 aliphatic carbocycles. The maximum Gasteiger partial charge on any atom is 0.305 e. The molecule has 2 N–H and O–H groups in total. The van der Waals surface area contributed by atoms with Crippen LogP contribution < -0.4 is 5.73 Å². The minimum atomic E-state index is -0.860. The highest BCUT2D eigenvalue weighted by Gasteiger charge is 2.18. The minimum Gasteiger partial charge on any atom is -0.324 e. The number of nitro benzene ring substituents is 1. The lowest BCUT2D eigenvalue weighted by Crippen LogP contribution is -2.12. The smallest absolute Gasteiger partial charge is 0.305 e. The van der Waals surface area contributed by atoms with Crippen molar-refractivity contribution < 1.29 is 9.31 Å². The van der Waals surface area contributed by atoms with Gasteiger partial charge in [-0.05, 0) is 0 Å². The summed E-state index contributed by atoms with van der Waals surface area (Å²) in [6.45, 7) is 0.219. The molecule has 8 heteroatoms. The van der Waals surface area contributed by atoms with E-state index >= 15 is 0 Å². The standard InChI is InChI=1S/C10H10FN5O2/c11-10-7(2-1-3-8(10)16(17)18)5-15-9(4-12)13-6-14-15/h1-3,6H,4-5,12H2. The van der Waals surface area contributed by atoms with Crippen molar-refractivity contribution in [2.75, 3.05) is 0 Å². The molecule has 0 aliphatic rings. The van der Waals surface area contributed by atoms with Gasteiger partial charge in [0.05, 0.1) is 18.0 Å². The molecule has 0 amide bonds. The Morgan fingerprint density at radius 1 is 1.50 bits per heavy atom. The monoisotopic (exact) mass is 251 g/mol. The largest absolute Gasteiger partial charge is 0.324 e. The number of nitrogens with two attached hydrogens (primary N) is 1. The molecule has 0 saturated carbocycles. The van der Waals surface area contributed by atoms with Crippen LogP contribution in [-0.2, 0) is 13.1 Å². The second kappa shape index (κ2) is 4.88. The highest BCUT2D eigenvalue weighted by atomic mass is 19.1. The van der Waals surface area contributed by atoms with Crippen LogP contribution in [0, 0.1) is 15.9 Å². The molecule has 0 spiro atoms. The van der Waals surface area contributed by atoms with Gasteiger partial charge in [0.1, 0.15) is 12.2 Å². The Balaban J connectivity index is 2.35. The fourth-order valence-corrected chi connectivity index (χ4v) is 1.57. The Morgan fingerprint density at radius 3 is 2.94 bits per heavy atom. The maximum absolute atomic E-state index is 13.8. The minimum absolute atomic E-state index is 0.0556. The van der Waals surface area contributed by atoms with E-state index < -0.39 is 16.4 Å². The molecule has 0 saturated heterocycles. The van der Waals surface area contributed by atoms with E-state index in [2.05, 4.69) is 10.1 Å². The van der Waals surface area contributed by atoms with Gasteiger partial charge in [-0.15, -0.1) is 0 Å². The summed E-state index contributed by atoms with van der Waals surface area (Å²) in [6.07, 6.45) is 1.30. The van der Waals surface area contributed by atoms with E-state index in [9.17, 15) is 14.5 Å². The molecule has 1 heterocycles. The SMILES string of the molecule is NCc1ncnn1Cc1cccc([N+](=O)[O-])c1F. The molecule has 7 nitrogen and oxygen atoms in total. The average molecular weight is 251 g/mol. The summed E-state index contributed by atoms with van der Waals surface area (Å²) >= 11 is 0. The first kappa shape index (κ1) is 12.1. The van der Waals surface area contributed by atoms with Crippen LogP contribution >= 0.6 is 0 Å². The van der Waals surface area contributed by atoms with Crippen LogP contribution in [0.1, 0.15) is 11.4 Å². The molecule has 0 radical (unpaired) electrons. The number of nitro groups is 1. The van der Waals surface area contributed by atoms with Gasteiger partial charge in [0.25, 0.3) is 0 Å². The van der Waals surface area contributed by atoms with Crippen LogP contribution in [-0.4, -0.2) is 19.7 Å². The van der Waals surface area contributed by atoms with E-state index in [0.717, 1.165) is 6.07 Å². The molecular weight excluding hydrogens is 241 g/mol. The third kappa shape index (κ3) is 2.18. The number of aromatic nitrogens is 3. The molecule has 0 atom stereocenters. The zero-order chi connectivity index (χ0) is 13.1. The van der Waals surface area contributed by atoms with Gasteiger partial charge in [-0.1, -0.05) is 12.1 Å². The van der Waals surface area contributed by atoms with Crippen molar-refractivity contribution >= 4 is 5.69 Å². The van der Waals surface area contributed by atoms with Crippen molar-refractivity contribution in [1.82, 2.24) is 14.8 Å². The molecule has 94 valence electrons. The third-order valence-corrected chi connectivity index (χ3v) is 2.45. The highest BCUT2D eigenvalue weighted by Crippen LogP contribution is 2.20. The van der Waals surface area contributed by atoms with Crippen LogP contribution in [0.4, 0.5) is 10.1 Å². The summed E-state index contributed by atoms with van der Waals surface area (Å²) in [6, 6.07) is 4.00. The number of halogens is 1. The molecule has 18 heavy (non-hydrogen) atoms. The van der Waals surface area contributed by atoms with E-state index in [-0.39, 0.29) is 18.7 Å². The first-order valence-electron chi connectivity index (χ1n) is 5.12. The summed E-state index contributed by atoms with van der Waals surface area (Å²) < 4.78 is 15.2. The number of rotatable bonds is 4. The van der Waals surface area contributed by atoms with Crippen molar-refractivity contribution in [2.45, 2.75) is 13.1 Å². The second-order valence-electron chi connectivity index (χ2n) is 3.55. The summed E-state index contributed by atoms with van der Waals surface area (Å²) in [5.41, 5.74) is 5.06. The molecule has 2 rings (SSSR count). The number of benzene rings is 1. The molecule has 0 bridgehead atoms. The van der Waals surface area contributed by atoms with E-state index in [1.807, 2.05) is 0 Å². The second-order valence-corrected chi connectivity index (χ2v) is 3.55. The van der Waals surface area contributed by atoms with Gasteiger partial charge in [0, 0.05) is 11.6 Å². The number of hydrogen-bond donors (Lipinski definition) is 1. The Bertz CT molecular complexity index is 583. The zero-order valence-electron chi connectivity index (χ0n) is 9.28. The van der Waals surface area contributed by atoms with E-state index in [1.54, 1.807) is 0 Å². The van der Waals surface area contributed by atoms with Crippen molar-refractivity contribution in [2.24, 2.45) is 5.73 Å². The maximum atomic E-state index is 13.8. The predicted molar refractivity (Wildman–Crippen MR) is 60.1 cm³/mol. The first-order chi connectivity index (χ1) is 8.63. The third-order valence-electron chi connectivity index (χ3n) is 2.45. The highest BCUT2D eigenvalue weighted by molar-refractivity contribution is 5.36. The molecule has 0 fully saturated rings. The number of nitrogens with zero attached hydrogens (tertiary/aromatic N) is 4. The predicted octanol–water partition coefficient (Wildman–Crippen LogP) is 0.832. The molecule has 0 unspecified atom stereocenters. The van der Waals surface area contributed by atoms with Crippen LogP contribution in [0.5, 0.6) is 0 Å². The van der Waals surface area contributed by atoms with E-state index in [4.69, 9.17) is 5.73 Å². The average Bonchev–Trinajstić information content (AvgIpc) is 2.78. The van der Waals surface area contributed by atoms with Gasteiger partial charge in [0.15, 0.2) is 0 Å². The van der Waals surface area contributed by atoms with Crippen molar-refractivity contribution in [3.05, 3.63) is 51.8 Å². The van der Waals surface area contributed by atoms with Gasteiger partial charge in [0.2, 0.25) is 5.82 Å². The summed E-state index contributed by atoms with van der Waals surface area (Å²) in [7, 11) is 0. The van der Waals surface area contributed by atoms with E-state index in [1.165, 1.54) is 23.1 Å². The Kier molecular flexibility index (Phi) is 3.28. The lowest BCUT2D eigenvalue weighted by atomic mass is 10.2. The molecule has 2 aromatic rings. The fraction of sp³-hybridized carbons (Fsp3) is 0.200. The molecule has 1 aromatic heterocycles. The quantitative estimate of drug-likeness (QED) is 0.640. The van der Waals surface area contributed by atoms with Crippen LogP contribution in [0.25, 0.3) is 0 Å². The summed E-state index contributed by atoms with van der Waals surface area (Å²) in [5, 5.41) is 14.5.